The van der Waals surface area contributed by atoms with Gasteiger partial charge in [-0.05, 0) is 25.7 Å². The number of rotatable bonds is 3. The third kappa shape index (κ3) is 1.81. The van der Waals surface area contributed by atoms with E-state index >= 15 is 0 Å². The summed E-state index contributed by atoms with van der Waals surface area (Å²) in [5.74, 6) is 0.630. The summed E-state index contributed by atoms with van der Waals surface area (Å²) in [6.45, 7) is 2.97. The van der Waals surface area contributed by atoms with Crippen molar-refractivity contribution in [3.63, 3.8) is 0 Å². The first-order valence-electron chi connectivity index (χ1n) is 3.90. The largest absolute Gasteiger partial charge is 0.378 e. The number of carbonyl (C=O) groups excluding carboxylic acids is 1. The van der Waals surface area contributed by atoms with Crippen LogP contribution in [-0.2, 0) is 9.53 Å². The molecule has 58 valence electrons. The van der Waals surface area contributed by atoms with Gasteiger partial charge in [0.1, 0.15) is 6.29 Å². The fourth-order valence-corrected chi connectivity index (χ4v) is 1.44. The van der Waals surface area contributed by atoms with Gasteiger partial charge in [0, 0.05) is 13.0 Å². The van der Waals surface area contributed by atoms with Crippen LogP contribution in [0.4, 0.5) is 0 Å². The lowest BCUT2D eigenvalue weighted by Gasteiger charge is -2.10. The van der Waals surface area contributed by atoms with Crippen LogP contribution in [0.1, 0.15) is 26.2 Å². The van der Waals surface area contributed by atoms with Crippen LogP contribution in [0, 0.1) is 5.92 Å². The zero-order valence-corrected chi connectivity index (χ0v) is 6.38. The Morgan fingerprint density at radius 3 is 3.00 bits per heavy atom. The molecule has 1 aliphatic heterocycles. The average molecular weight is 142 g/mol. The molecule has 0 radical (unpaired) electrons. The quantitative estimate of drug-likeness (QED) is 0.556. The van der Waals surface area contributed by atoms with Gasteiger partial charge < -0.3 is 9.53 Å². The molecule has 2 heteroatoms. The van der Waals surface area contributed by atoms with E-state index in [4.69, 9.17) is 4.74 Å². The summed E-state index contributed by atoms with van der Waals surface area (Å²) in [4.78, 5) is 10.0. The maximum Gasteiger partial charge on any atom is 0.120 e. The second kappa shape index (κ2) is 3.71. The third-order valence-electron chi connectivity index (χ3n) is 2.19. The maximum absolute atomic E-state index is 10.0. The number of hydrogen-bond donors (Lipinski definition) is 0. The molecule has 2 atom stereocenters. The van der Waals surface area contributed by atoms with E-state index in [-0.39, 0.29) is 0 Å². The van der Waals surface area contributed by atoms with E-state index in [1.165, 1.54) is 0 Å². The van der Waals surface area contributed by atoms with Crippen molar-refractivity contribution in [3.8, 4) is 0 Å². The molecule has 0 aliphatic carbocycles. The Bertz CT molecular complexity index is 112. The first kappa shape index (κ1) is 7.73. The summed E-state index contributed by atoms with van der Waals surface area (Å²) in [5.41, 5.74) is 0. The Morgan fingerprint density at radius 2 is 2.50 bits per heavy atom. The topological polar surface area (TPSA) is 26.3 Å². The lowest BCUT2D eigenvalue weighted by atomic mass is 9.97. The zero-order valence-electron chi connectivity index (χ0n) is 6.38. The fourth-order valence-electron chi connectivity index (χ4n) is 1.44. The number of aldehydes is 1. The van der Waals surface area contributed by atoms with Gasteiger partial charge >= 0.3 is 0 Å². The van der Waals surface area contributed by atoms with Gasteiger partial charge in [-0.2, -0.15) is 0 Å². The monoisotopic (exact) mass is 142 g/mol. The van der Waals surface area contributed by atoms with E-state index in [1.807, 2.05) is 0 Å². The summed E-state index contributed by atoms with van der Waals surface area (Å²) in [5, 5.41) is 0. The molecule has 1 saturated heterocycles. The predicted octanol–water partition coefficient (Wildman–Crippen LogP) is 1.39. The van der Waals surface area contributed by atoms with Gasteiger partial charge in [0.25, 0.3) is 0 Å². The zero-order chi connectivity index (χ0) is 7.40. The second-order valence-electron chi connectivity index (χ2n) is 2.87. The molecule has 1 fully saturated rings. The van der Waals surface area contributed by atoms with Gasteiger partial charge in [0.2, 0.25) is 0 Å². The molecule has 0 aromatic rings. The predicted molar refractivity (Wildman–Crippen MR) is 38.8 cm³/mol. The molecule has 1 heterocycles. The Balaban J connectivity index is 2.19. The van der Waals surface area contributed by atoms with E-state index in [9.17, 15) is 4.79 Å². The molecule has 2 unspecified atom stereocenters. The molecule has 1 aliphatic rings. The molecule has 2 nitrogen and oxygen atoms in total. The van der Waals surface area contributed by atoms with Gasteiger partial charge in [0.05, 0.1) is 6.10 Å². The van der Waals surface area contributed by atoms with Gasteiger partial charge in [0.15, 0.2) is 0 Å². The minimum absolute atomic E-state index is 0.375. The molecular weight excluding hydrogens is 128 g/mol. The van der Waals surface area contributed by atoms with Crippen LogP contribution < -0.4 is 0 Å². The summed E-state index contributed by atoms with van der Waals surface area (Å²) < 4.78 is 5.35. The van der Waals surface area contributed by atoms with Crippen molar-refractivity contribution >= 4 is 6.29 Å². The molecule has 0 bridgehead atoms. The maximum atomic E-state index is 10.0. The molecule has 1 rings (SSSR count). The van der Waals surface area contributed by atoms with Gasteiger partial charge in [-0.3, -0.25) is 0 Å². The van der Waals surface area contributed by atoms with Crippen molar-refractivity contribution in [1.82, 2.24) is 0 Å². The highest BCUT2D eigenvalue weighted by atomic mass is 16.5. The van der Waals surface area contributed by atoms with E-state index < -0.39 is 0 Å². The van der Waals surface area contributed by atoms with Gasteiger partial charge in [-0.25, -0.2) is 0 Å². The van der Waals surface area contributed by atoms with Crippen LogP contribution in [0.2, 0.25) is 0 Å². The van der Waals surface area contributed by atoms with Gasteiger partial charge in [-0.15, -0.1) is 0 Å². The number of hydrogen-bond acceptors (Lipinski definition) is 2. The highest BCUT2D eigenvalue weighted by Gasteiger charge is 2.22. The summed E-state index contributed by atoms with van der Waals surface area (Å²) in [6, 6.07) is 0. The van der Waals surface area contributed by atoms with Crippen LogP contribution >= 0.6 is 0 Å². The van der Waals surface area contributed by atoms with Crippen molar-refractivity contribution in [2.45, 2.75) is 32.3 Å². The summed E-state index contributed by atoms with van der Waals surface area (Å²) in [6.07, 6.45) is 4.20. The molecule has 0 spiro atoms. The Kier molecular flexibility index (Phi) is 2.87. The van der Waals surface area contributed by atoms with Crippen LogP contribution in [0.25, 0.3) is 0 Å². The van der Waals surface area contributed by atoms with E-state index in [1.54, 1.807) is 0 Å². The van der Waals surface area contributed by atoms with Crippen molar-refractivity contribution in [3.05, 3.63) is 0 Å². The lowest BCUT2D eigenvalue weighted by Crippen LogP contribution is -2.10. The molecule has 0 aromatic heterocycles. The summed E-state index contributed by atoms with van der Waals surface area (Å²) >= 11 is 0. The minimum Gasteiger partial charge on any atom is -0.378 e. The van der Waals surface area contributed by atoms with Crippen molar-refractivity contribution < 1.29 is 9.53 Å². The van der Waals surface area contributed by atoms with Crippen molar-refractivity contribution in [2.75, 3.05) is 6.61 Å². The lowest BCUT2D eigenvalue weighted by molar-refractivity contribution is -0.108. The van der Waals surface area contributed by atoms with Crippen LogP contribution in [-0.4, -0.2) is 19.0 Å². The van der Waals surface area contributed by atoms with E-state index in [2.05, 4.69) is 6.92 Å². The van der Waals surface area contributed by atoms with Crippen molar-refractivity contribution in [1.29, 1.82) is 0 Å². The number of ether oxygens (including phenoxy) is 1. The van der Waals surface area contributed by atoms with Crippen LogP contribution in [0.5, 0.6) is 0 Å². The molecule has 0 aromatic carbocycles. The Labute approximate surface area is 61.6 Å². The highest BCUT2D eigenvalue weighted by molar-refractivity contribution is 5.49. The van der Waals surface area contributed by atoms with Crippen molar-refractivity contribution in [2.24, 2.45) is 5.92 Å². The first-order chi connectivity index (χ1) is 4.84. The number of carbonyl (C=O) groups is 1. The minimum atomic E-state index is 0.375. The highest BCUT2D eigenvalue weighted by Crippen LogP contribution is 2.24. The second-order valence-corrected chi connectivity index (χ2v) is 2.87. The van der Waals surface area contributed by atoms with E-state index in [0.29, 0.717) is 18.4 Å². The van der Waals surface area contributed by atoms with E-state index in [0.717, 1.165) is 25.7 Å². The van der Waals surface area contributed by atoms with Gasteiger partial charge in [-0.1, -0.05) is 0 Å². The average Bonchev–Trinajstić information content (AvgIpc) is 2.31. The first-order valence-corrected chi connectivity index (χ1v) is 3.90. The molecule has 0 saturated carbocycles. The molecule has 0 amide bonds. The smallest absolute Gasteiger partial charge is 0.120 e. The third-order valence-corrected chi connectivity index (χ3v) is 2.19. The Morgan fingerprint density at radius 1 is 1.70 bits per heavy atom. The van der Waals surface area contributed by atoms with Crippen LogP contribution in [0.15, 0.2) is 0 Å². The molecule has 10 heavy (non-hydrogen) atoms. The fraction of sp³-hybridized carbons (Fsp3) is 0.875. The Hall–Kier alpha value is -0.370. The SMILES string of the molecule is CC1OCCC1CCC=O. The standard InChI is InChI=1S/C8H14O2/c1-7-8(3-2-5-9)4-6-10-7/h5,7-8H,2-4,6H2,1H3. The molecular formula is C8H14O2. The van der Waals surface area contributed by atoms with Crippen LogP contribution in [0.3, 0.4) is 0 Å². The summed E-state index contributed by atoms with van der Waals surface area (Å²) in [7, 11) is 0. The molecule has 0 N–H and O–H groups in total. The normalized spacial score (nSPS) is 32.5.